The molecular weight excluding hydrogens is 260 g/mol. The molecule has 1 aromatic heterocycles. The van der Waals surface area contributed by atoms with Crippen molar-refractivity contribution >= 4 is 17.6 Å². The van der Waals surface area contributed by atoms with E-state index in [-0.39, 0.29) is 5.56 Å². The molecule has 2 N–H and O–H groups in total. The lowest BCUT2D eigenvalue weighted by Gasteiger charge is -2.05. The van der Waals surface area contributed by atoms with E-state index >= 15 is 0 Å². The molecule has 0 aliphatic heterocycles. The molecule has 0 aliphatic carbocycles. The summed E-state index contributed by atoms with van der Waals surface area (Å²) in [6, 6.07) is 4.68. The van der Waals surface area contributed by atoms with E-state index in [4.69, 9.17) is 21.4 Å². The Hall–Kier alpha value is -2.21. The Morgan fingerprint density at radius 1 is 1.50 bits per heavy atom. The number of ether oxygens (including phenoxy) is 1. The van der Waals surface area contributed by atoms with E-state index in [0.717, 1.165) is 10.9 Å². The second-order valence-corrected chi connectivity index (χ2v) is 3.86. The van der Waals surface area contributed by atoms with Gasteiger partial charge in [0.1, 0.15) is 11.3 Å². The quantitative estimate of drug-likeness (QED) is 0.884. The molecule has 18 heavy (non-hydrogen) atoms. The summed E-state index contributed by atoms with van der Waals surface area (Å²) in [5.41, 5.74) is -0.552. The molecule has 0 aliphatic rings. The molecule has 0 atom stereocenters. The average molecular weight is 269 g/mol. The lowest BCUT2D eigenvalue weighted by atomic mass is 10.3. The normalized spacial score (nSPS) is 10.3. The number of carboxylic acids is 1. The number of nitrogens with zero attached hydrogens (tertiary/aromatic N) is 1. The largest absolute Gasteiger partial charge is 0.495 e. The van der Waals surface area contributed by atoms with Crippen molar-refractivity contribution in [3.05, 3.63) is 45.3 Å². The van der Waals surface area contributed by atoms with Crippen molar-refractivity contribution < 1.29 is 14.6 Å². The third-order valence-electron chi connectivity index (χ3n) is 2.40. The van der Waals surface area contributed by atoms with Gasteiger partial charge in [-0.25, -0.2) is 9.48 Å². The van der Waals surface area contributed by atoms with Gasteiger partial charge >= 0.3 is 5.97 Å². The summed E-state index contributed by atoms with van der Waals surface area (Å²) in [6.45, 7) is 0. The minimum absolute atomic E-state index is 0.327. The van der Waals surface area contributed by atoms with Gasteiger partial charge in [0.05, 0.1) is 17.8 Å². The fourth-order valence-corrected chi connectivity index (χ4v) is 1.76. The van der Waals surface area contributed by atoms with E-state index in [9.17, 15) is 9.59 Å². The number of carboxylic acid groups (broad SMARTS) is 1. The molecule has 1 heterocycles. The van der Waals surface area contributed by atoms with Gasteiger partial charge in [-0.3, -0.25) is 9.89 Å². The fraction of sp³-hybridized carbons (Fsp3) is 0.0909. The number of aromatic carboxylic acids is 1. The van der Waals surface area contributed by atoms with Crippen LogP contribution < -0.4 is 10.3 Å². The molecule has 94 valence electrons. The Morgan fingerprint density at radius 2 is 2.22 bits per heavy atom. The number of H-pyrrole nitrogens is 1. The van der Waals surface area contributed by atoms with Crippen LogP contribution in [0.4, 0.5) is 0 Å². The molecule has 0 fully saturated rings. The average Bonchev–Trinajstić information content (AvgIpc) is 2.71. The summed E-state index contributed by atoms with van der Waals surface area (Å²) < 4.78 is 6.08. The number of rotatable bonds is 3. The first kappa shape index (κ1) is 12.3. The Morgan fingerprint density at radius 3 is 2.72 bits per heavy atom. The van der Waals surface area contributed by atoms with Crippen molar-refractivity contribution in [1.82, 2.24) is 9.78 Å². The zero-order chi connectivity index (χ0) is 13.3. The first-order valence-electron chi connectivity index (χ1n) is 4.92. The maximum absolute atomic E-state index is 11.8. The SMILES string of the molecule is COc1ccc(-n2[nH]cc(C(=O)O)c2=O)cc1Cl. The minimum atomic E-state index is -1.28. The van der Waals surface area contributed by atoms with Crippen LogP contribution in [-0.2, 0) is 0 Å². The predicted octanol–water partition coefficient (Wildman–Crippen LogP) is 1.53. The van der Waals surface area contributed by atoms with Crippen LogP contribution >= 0.6 is 11.6 Å². The molecule has 0 amide bonds. The number of hydrogen-bond acceptors (Lipinski definition) is 3. The third-order valence-corrected chi connectivity index (χ3v) is 2.69. The summed E-state index contributed by atoms with van der Waals surface area (Å²) >= 11 is 5.93. The number of hydrogen-bond donors (Lipinski definition) is 2. The Bertz CT molecular complexity index is 659. The molecule has 0 saturated carbocycles. The minimum Gasteiger partial charge on any atom is -0.495 e. The number of nitrogens with one attached hydrogen (secondary N) is 1. The van der Waals surface area contributed by atoms with Crippen LogP contribution in [0.15, 0.2) is 29.2 Å². The predicted molar refractivity (Wildman–Crippen MR) is 64.9 cm³/mol. The Kier molecular flexibility index (Phi) is 3.12. The van der Waals surface area contributed by atoms with Crippen molar-refractivity contribution in [3.8, 4) is 11.4 Å². The van der Waals surface area contributed by atoms with Crippen LogP contribution in [-0.4, -0.2) is 28.0 Å². The molecule has 0 saturated heterocycles. The highest BCUT2D eigenvalue weighted by atomic mass is 35.5. The smallest absolute Gasteiger partial charge is 0.342 e. The van der Waals surface area contributed by atoms with Gasteiger partial charge in [0, 0.05) is 6.20 Å². The summed E-state index contributed by atoms with van der Waals surface area (Å²) in [5, 5.41) is 11.7. The van der Waals surface area contributed by atoms with Crippen LogP contribution in [0.3, 0.4) is 0 Å². The number of carbonyl (C=O) groups is 1. The van der Waals surface area contributed by atoms with E-state index in [1.54, 1.807) is 12.1 Å². The molecule has 1 aromatic carbocycles. The first-order chi connectivity index (χ1) is 8.54. The maximum Gasteiger partial charge on any atom is 0.342 e. The van der Waals surface area contributed by atoms with Gasteiger partial charge in [-0.2, -0.15) is 0 Å². The monoisotopic (exact) mass is 268 g/mol. The van der Waals surface area contributed by atoms with Gasteiger partial charge in [0.25, 0.3) is 5.56 Å². The standard InChI is InChI=1S/C11H9ClN2O4/c1-18-9-3-2-6(4-8(9)12)14-10(15)7(5-13-14)11(16)17/h2-5,13H,1H3,(H,16,17). The lowest BCUT2D eigenvalue weighted by Crippen LogP contribution is -2.19. The van der Waals surface area contributed by atoms with Crippen molar-refractivity contribution in [2.75, 3.05) is 7.11 Å². The maximum atomic E-state index is 11.8. The third kappa shape index (κ3) is 1.98. The second kappa shape index (κ2) is 4.58. The first-order valence-corrected chi connectivity index (χ1v) is 5.30. The summed E-state index contributed by atoms with van der Waals surface area (Å²) in [6.07, 6.45) is 1.13. The topological polar surface area (TPSA) is 84.3 Å². The molecule has 0 bridgehead atoms. The molecule has 0 spiro atoms. The number of aromatic amines is 1. The van der Waals surface area contributed by atoms with E-state index < -0.39 is 11.5 Å². The fourth-order valence-electron chi connectivity index (χ4n) is 1.51. The number of benzene rings is 1. The van der Waals surface area contributed by atoms with Crippen LogP contribution in [0.5, 0.6) is 5.75 Å². The van der Waals surface area contributed by atoms with Gasteiger partial charge < -0.3 is 9.84 Å². The van der Waals surface area contributed by atoms with Crippen molar-refractivity contribution in [3.63, 3.8) is 0 Å². The lowest BCUT2D eigenvalue weighted by molar-refractivity contribution is 0.0695. The van der Waals surface area contributed by atoms with Gasteiger partial charge in [0.2, 0.25) is 0 Å². The van der Waals surface area contributed by atoms with Gasteiger partial charge in [-0.15, -0.1) is 0 Å². The van der Waals surface area contributed by atoms with Crippen molar-refractivity contribution in [2.45, 2.75) is 0 Å². The molecular formula is C11H9ClN2O4. The Balaban J connectivity index is 2.53. The van der Waals surface area contributed by atoms with E-state index in [1.807, 2.05) is 0 Å². The zero-order valence-corrected chi connectivity index (χ0v) is 10.1. The zero-order valence-electron chi connectivity index (χ0n) is 9.31. The highest BCUT2D eigenvalue weighted by Crippen LogP contribution is 2.25. The van der Waals surface area contributed by atoms with Crippen LogP contribution in [0.1, 0.15) is 10.4 Å². The summed E-state index contributed by atoms with van der Waals surface area (Å²) in [5.74, 6) is -0.812. The summed E-state index contributed by atoms with van der Waals surface area (Å²) in [4.78, 5) is 22.5. The molecule has 6 nitrogen and oxygen atoms in total. The molecule has 2 aromatic rings. The molecule has 0 radical (unpaired) electrons. The second-order valence-electron chi connectivity index (χ2n) is 3.45. The van der Waals surface area contributed by atoms with Crippen LogP contribution in [0.2, 0.25) is 5.02 Å². The van der Waals surface area contributed by atoms with Gasteiger partial charge in [-0.05, 0) is 18.2 Å². The van der Waals surface area contributed by atoms with E-state index in [2.05, 4.69) is 5.10 Å². The van der Waals surface area contributed by atoms with Crippen molar-refractivity contribution in [1.29, 1.82) is 0 Å². The Labute approximate surface area is 106 Å². The highest BCUT2D eigenvalue weighted by molar-refractivity contribution is 6.32. The van der Waals surface area contributed by atoms with E-state index in [0.29, 0.717) is 16.5 Å². The number of halogens is 1. The highest BCUT2D eigenvalue weighted by Gasteiger charge is 2.14. The molecule has 2 rings (SSSR count). The van der Waals surface area contributed by atoms with Gasteiger partial charge in [-0.1, -0.05) is 11.6 Å². The van der Waals surface area contributed by atoms with Crippen molar-refractivity contribution in [2.24, 2.45) is 0 Å². The van der Waals surface area contributed by atoms with E-state index in [1.165, 1.54) is 13.2 Å². The van der Waals surface area contributed by atoms with Gasteiger partial charge in [0.15, 0.2) is 0 Å². The molecule has 7 heteroatoms. The summed E-state index contributed by atoms with van der Waals surface area (Å²) in [7, 11) is 1.48. The molecule has 0 unspecified atom stereocenters. The van der Waals surface area contributed by atoms with Crippen LogP contribution in [0, 0.1) is 0 Å². The number of aromatic nitrogens is 2. The van der Waals surface area contributed by atoms with Crippen LogP contribution in [0.25, 0.3) is 5.69 Å². The number of methoxy groups -OCH3 is 1.